The predicted molar refractivity (Wildman–Crippen MR) is 111 cm³/mol. The van der Waals surface area contributed by atoms with Gasteiger partial charge in [-0.3, -0.25) is 4.79 Å². The van der Waals surface area contributed by atoms with Crippen molar-refractivity contribution in [1.82, 2.24) is 10.3 Å². The van der Waals surface area contributed by atoms with Crippen LogP contribution in [0.3, 0.4) is 0 Å². The van der Waals surface area contributed by atoms with E-state index in [1.807, 2.05) is 12.3 Å². The number of fused-ring (bicyclic) bond motifs is 1. The van der Waals surface area contributed by atoms with E-state index in [0.29, 0.717) is 11.7 Å². The van der Waals surface area contributed by atoms with Crippen molar-refractivity contribution in [3.05, 3.63) is 35.5 Å². The normalized spacial score (nSPS) is 24.4. The maximum Gasteiger partial charge on any atom is 0.229 e. The standard InChI is InChI=1S/C23H29N3O2/c1-15-10-18-14-25-21(12-17(18)11-19(15)16-2-6-24-7-3-16)26-22(27)20-13-23(20)4-8-28-9-5-23/h10-12,14,16,20,24H,2-9,13H2,1H3,(H,25,26,27). The van der Waals surface area contributed by atoms with Gasteiger partial charge in [-0.1, -0.05) is 6.07 Å². The summed E-state index contributed by atoms with van der Waals surface area (Å²) in [5.41, 5.74) is 2.98. The number of amides is 1. The number of ether oxygens (including phenoxy) is 1. The van der Waals surface area contributed by atoms with Gasteiger partial charge >= 0.3 is 0 Å². The minimum Gasteiger partial charge on any atom is -0.381 e. The number of aromatic nitrogens is 1. The van der Waals surface area contributed by atoms with E-state index < -0.39 is 0 Å². The molecule has 5 rings (SSSR count). The van der Waals surface area contributed by atoms with Crippen LogP contribution in [0, 0.1) is 18.3 Å². The first-order valence-corrected chi connectivity index (χ1v) is 10.6. The van der Waals surface area contributed by atoms with Gasteiger partial charge in [0.15, 0.2) is 0 Å². The number of carbonyl (C=O) groups excluding carboxylic acids is 1. The SMILES string of the molecule is Cc1cc2cnc(NC(=O)C3CC34CCOCC4)cc2cc1C1CCNCC1. The van der Waals surface area contributed by atoms with Gasteiger partial charge in [-0.05, 0) is 92.1 Å². The molecular formula is C23H29N3O2. The highest BCUT2D eigenvalue weighted by molar-refractivity contribution is 5.96. The summed E-state index contributed by atoms with van der Waals surface area (Å²) in [6.07, 6.45) is 7.28. The van der Waals surface area contributed by atoms with Crippen LogP contribution in [-0.2, 0) is 9.53 Å². The van der Waals surface area contributed by atoms with Crippen molar-refractivity contribution in [1.29, 1.82) is 0 Å². The summed E-state index contributed by atoms with van der Waals surface area (Å²) in [7, 11) is 0. The Balaban J connectivity index is 1.35. The van der Waals surface area contributed by atoms with Crippen LogP contribution in [0.1, 0.15) is 49.1 Å². The molecule has 1 atom stereocenters. The highest BCUT2D eigenvalue weighted by Gasteiger charge is 2.58. The lowest BCUT2D eigenvalue weighted by atomic mass is 9.86. The highest BCUT2D eigenvalue weighted by atomic mass is 16.5. The number of nitrogens with one attached hydrogen (secondary N) is 2. The number of rotatable bonds is 3. The molecule has 3 fully saturated rings. The molecule has 1 aromatic heterocycles. The Bertz CT molecular complexity index is 898. The van der Waals surface area contributed by atoms with Crippen molar-refractivity contribution in [2.45, 2.75) is 44.9 Å². The van der Waals surface area contributed by atoms with E-state index in [0.717, 1.165) is 51.0 Å². The minimum atomic E-state index is 0.122. The van der Waals surface area contributed by atoms with E-state index in [1.165, 1.54) is 29.4 Å². The molecule has 28 heavy (non-hydrogen) atoms. The fourth-order valence-electron chi connectivity index (χ4n) is 5.23. The summed E-state index contributed by atoms with van der Waals surface area (Å²) in [5, 5.41) is 8.83. The molecule has 5 heteroatoms. The van der Waals surface area contributed by atoms with E-state index in [-0.39, 0.29) is 17.2 Å². The molecule has 1 amide bonds. The number of anilines is 1. The molecule has 1 saturated carbocycles. The largest absolute Gasteiger partial charge is 0.381 e. The van der Waals surface area contributed by atoms with Crippen molar-refractivity contribution in [2.75, 3.05) is 31.6 Å². The number of hydrogen-bond acceptors (Lipinski definition) is 4. The molecule has 0 bridgehead atoms. The predicted octanol–water partition coefficient (Wildman–Crippen LogP) is 3.77. The molecule has 1 spiro atoms. The Morgan fingerprint density at radius 2 is 1.96 bits per heavy atom. The molecule has 2 aliphatic heterocycles. The van der Waals surface area contributed by atoms with Crippen LogP contribution in [0.25, 0.3) is 10.8 Å². The zero-order chi connectivity index (χ0) is 19.1. The lowest BCUT2D eigenvalue weighted by molar-refractivity contribution is -0.118. The molecule has 2 saturated heterocycles. The van der Waals surface area contributed by atoms with Gasteiger partial charge in [0.05, 0.1) is 0 Å². The topological polar surface area (TPSA) is 63.2 Å². The second-order valence-corrected chi connectivity index (χ2v) is 8.87. The first kappa shape index (κ1) is 18.1. The Labute approximate surface area is 166 Å². The van der Waals surface area contributed by atoms with Crippen LogP contribution < -0.4 is 10.6 Å². The number of aryl methyl sites for hydroxylation is 1. The van der Waals surface area contributed by atoms with Crippen molar-refractivity contribution in [2.24, 2.45) is 11.3 Å². The highest BCUT2D eigenvalue weighted by Crippen LogP contribution is 2.59. The van der Waals surface area contributed by atoms with Gasteiger partial charge < -0.3 is 15.4 Å². The Kier molecular flexibility index (Phi) is 4.60. The third kappa shape index (κ3) is 3.31. The lowest BCUT2D eigenvalue weighted by Gasteiger charge is -2.25. The van der Waals surface area contributed by atoms with Gasteiger partial charge in [0.1, 0.15) is 5.82 Å². The summed E-state index contributed by atoms with van der Waals surface area (Å²) < 4.78 is 5.46. The zero-order valence-corrected chi connectivity index (χ0v) is 16.6. The summed E-state index contributed by atoms with van der Waals surface area (Å²) >= 11 is 0. The summed E-state index contributed by atoms with van der Waals surface area (Å²) in [6.45, 7) is 5.96. The van der Waals surface area contributed by atoms with Crippen molar-refractivity contribution in [3.8, 4) is 0 Å². The molecule has 2 N–H and O–H groups in total. The summed E-state index contributed by atoms with van der Waals surface area (Å²) in [4.78, 5) is 17.3. The molecule has 1 aliphatic carbocycles. The van der Waals surface area contributed by atoms with Crippen molar-refractivity contribution >= 4 is 22.5 Å². The quantitative estimate of drug-likeness (QED) is 0.852. The number of nitrogens with zero attached hydrogens (tertiary/aromatic N) is 1. The first-order chi connectivity index (χ1) is 13.6. The third-order valence-corrected chi connectivity index (χ3v) is 7.13. The van der Waals surface area contributed by atoms with Crippen LogP contribution in [-0.4, -0.2) is 37.2 Å². The van der Waals surface area contributed by atoms with E-state index >= 15 is 0 Å². The maximum atomic E-state index is 12.8. The third-order valence-electron chi connectivity index (χ3n) is 7.13. The van der Waals surface area contributed by atoms with Gasteiger partial charge in [0.2, 0.25) is 5.91 Å². The number of piperidine rings is 1. The van der Waals surface area contributed by atoms with Crippen LogP contribution in [0.2, 0.25) is 0 Å². The van der Waals surface area contributed by atoms with Gasteiger partial charge in [-0.15, -0.1) is 0 Å². The van der Waals surface area contributed by atoms with E-state index in [4.69, 9.17) is 4.74 Å². The Morgan fingerprint density at radius 1 is 1.18 bits per heavy atom. The molecule has 3 aliphatic rings. The number of carbonyl (C=O) groups is 1. The summed E-state index contributed by atoms with van der Waals surface area (Å²) in [5.74, 6) is 1.54. The van der Waals surface area contributed by atoms with Gasteiger partial charge in [0.25, 0.3) is 0 Å². The van der Waals surface area contributed by atoms with E-state index in [1.54, 1.807) is 0 Å². The Hall–Kier alpha value is -1.98. The first-order valence-electron chi connectivity index (χ1n) is 10.6. The van der Waals surface area contributed by atoms with Crippen LogP contribution in [0.4, 0.5) is 5.82 Å². The fourth-order valence-corrected chi connectivity index (χ4v) is 5.23. The molecule has 0 radical (unpaired) electrons. The number of benzene rings is 1. The molecule has 2 aromatic rings. The van der Waals surface area contributed by atoms with Gasteiger partial charge in [-0.2, -0.15) is 0 Å². The monoisotopic (exact) mass is 379 g/mol. The van der Waals surface area contributed by atoms with Crippen LogP contribution >= 0.6 is 0 Å². The molecule has 5 nitrogen and oxygen atoms in total. The van der Waals surface area contributed by atoms with Crippen LogP contribution in [0.15, 0.2) is 24.4 Å². The molecule has 148 valence electrons. The van der Waals surface area contributed by atoms with Crippen molar-refractivity contribution < 1.29 is 9.53 Å². The average Bonchev–Trinajstić information content (AvgIpc) is 3.42. The Morgan fingerprint density at radius 3 is 2.75 bits per heavy atom. The minimum absolute atomic E-state index is 0.122. The van der Waals surface area contributed by atoms with Gasteiger partial charge in [-0.25, -0.2) is 4.98 Å². The number of pyridine rings is 1. The van der Waals surface area contributed by atoms with E-state index in [2.05, 4.69) is 34.7 Å². The smallest absolute Gasteiger partial charge is 0.229 e. The zero-order valence-electron chi connectivity index (χ0n) is 16.6. The fraction of sp³-hybridized carbons (Fsp3) is 0.565. The second-order valence-electron chi connectivity index (χ2n) is 8.87. The second kappa shape index (κ2) is 7.12. The van der Waals surface area contributed by atoms with Crippen molar-refractivity contribution in [3.63, 3.8) is 0 Å². The summed E-state index contributed by atoms with van der Waals surface area (Å²) in [6, 6.07) is 6.59. The molecule has 1 aromatic carbocycles. The average molecular weight is 380 g/mol. The molecular weight excluding hydrogens is 350 g/mol. The maximum absolute atomic E-state index is 12.8. The van der Waals surface area contributed by atoms with Gasteiger partial charge in [0, 0.05) is 30.7 Å². The van der Waals surface area contributed by atoms with Crippen LogP contribution in [0.5, 0.6) is 0 Å². The lowest BCUT2D eigenvalue weighted by Crippen LogP contribution is -2.26. The number of hydrogen-bond donors (Lipinski definition) is 2. The van der Waals surface area contributed by atoms with E-state index in [9.17, 15) is 4.79 Å². The molecule has 3 heterocycles. The molecule has 1 unspecified atom stereocenters.